The number of H-pyrrole nitrogens is 1. The van der Waals surface area contributed by atoms with Gasteiger partial charge in [0.05, 0.1) is 30.7 Å². The van der Waals surface area contributed by atoms with Gasteiger partial charge >= 0.3 is 0 Å². The summed E-state index contributed by atoms with van der Waals surface area (Å²) in [4.78, 5) is 11.1. The summed E-state index contributed by atoms with van der Waals surface area (Å²) in [5.74, 6) is 1.48. The highest BCUT2D eigenvalue weighted by Gasteiger charge is 2.35. The number of rotatable bonds is 3. The second kappa shape index (κ2) is 5.68. The maximum Gasteiger partial charge on any atom is 0.224 e. The third-order valence-corrected chi connectivity index (χ3v) is 4.80. The molecule has 3 saturated heterocycles. The standard InChI is InChI=1S/C17H18N6O2/c1-24-17-15-12(3-5-19-17)21-22-16(15)10-2-4-18-13(6-10)23-8-11-7-20-14(23)9-25-11/h2-6,11,14,20H,7-9H2,1H3,(H,21,22)/t11?,14-/m1/s1. The molecule has 2 N–H and O–H groups in total. The van der Waals surface area contributed by atoms with Crippen LogP contribution < -0.4 is 15.0 Å². The molecule has 0 aliphatic carbocycles. The highest BCUT2D eigenvalue weighted by Crippen LogP contribution is 2.33. The third kappa shape index (κ3) is 2.33. The molecule has 2 bridgehead atoms. The lowest BCUT2D eigenvalue weighted by atomic mass is 10.1. The summed E-state index contributed by atoms with van der Waals surface area (Å²) in [6, 6.07) is 5.91. The quantitative estimate of drug-likeness (QED) is 0.741. The number of nitrogens with zero attached hydrogens (tertiary/aromatic N) is 4. The van der Waals surface area contributed by atoms with Crippen molar-refractivity contribution >= 4 is 16.7 Å². The number of ether oxygens (including phenoxy) is 2. The fourth-order valence-corrected chi connectivity index (χ4v) is 3.55. The van der Waals surface area contributed by atoms with Gasteiger partial charge in [-0.05, 0) is 18.2 Å². The molecule has 3 aliphatic rings. The zero-order valence-corrected chi connectivity index (χ0v) is 13.8. The molecule has 8 heteroatoms. The van der Waals surface area contributed by atoms with Crippen LogP contribution in [0.15, 0.2) is 30.6 Å². The number of pyridine rings is 2. The molecular weight excluding hydrogens is 320 g/mol. The molecule has 0 radical (unpaired) electrons. The molecule has 1 unspecified atom stereocenters. The Labute approximate surface area is 144 Å². The molecular formula is C17H18N6O2. The molecule has 2 atom stereocenters. The molecule has 0 aromatic carbocycles. The summed E-state index contributed by atoms with van der Waals surface area (Å²) in [6.07, 6.45) is 3.90. The van der Waals surface area contributed by atoms with Crippen molar-refractivity contribution in [2.45, 2.75) is 12.3 Å². The van der Waals surface area contributed by atoms with Gasteiger partial charge in [-0.2, -0.15) is 5.10 Å². The van der Waals surface area contributed by atoms with Crippen LogP contribution in [0.1, 0.15) is 0 Å². The maximum absolute atomic E-state index is 5.74. The average molecular weight is 338 g/mol. The lowest BCUT2D eigenvalue weighted by Gasteiger charge is -2.46. The normalized spacial score (nSPS) is 22.5. The number of fused-ring (bicyclic) bond motifs is 4. The van der Waals surface area contributed by atoms with Gasteiger partial charge in [-0.25, -0.2) is 9.97 Å². The van der Waals surface area contributed by atoms with Gasteiger partial charge in [0.15, 0.2) is 0 Å². The van der Waals surface area contributed by atoms with Crippen LogP contribution in [0.2, 0.25) is 0 Å². The Kier molecular flexibility index (Phi) is 3.32. The Bertz CT molecular complexity index is 918. The second-order valence-electron chi connectivity index (χ2n) is 6.25. The van der Waals surface area contributed by atoms with E-state index in [1.165, 1.54) is 0 Å². The Morgan fingerprint density at radius 1 is 1.28 bits per heavy atom. The Morgan fingerprint density at radius 2 is 2.20 bits per heavy atom. The Balaban J connectivity index is 1.58. The highest BCUT2D eigenvalue weighted by molar-refractivity contribution is 5.96. The van der Waals surface area contributed by atoms with Crippen molar-refractivity contribution in [3.8, 4) is 17.1 Å². The molecule has 3 aromatic heterocycles. The lowest BCUT2D eigenvalue weighted by Crippen LogP contribution is -2.65. The van der Waals surface area contributed by atoms with Crippen molar-refractivity contribution in [1.82, 2.24) is 25.5 Å². The van der Waals surface area contributed by atoms with Crippen LogP contribution in [0.4, 0.5) is 5.82 Å². The SMILES string of the molecule is COc1nccc2[nH]nc(-c3ccnc(N4CC5CN[C@H]4CO5)c3)c12. The van der Waals surface area contributed by atoms with Gasteiger partial charge in [0, 0.05) is 31.0 Å². The topological polar surface area (TPSA) is 88.2 Å². The van der Waals surface area contributed by atoms with Crippen molar-refractivity contribution in [3.63, 3.8) is 0 Å². The minimum Gasteiger partial charge on any atom is -0.480 e. The Hall–Kier alpha value is -2.71. The predicted molar refractivity (Wildman–Crippen MR) is 92.5 cm³/mol. The molecule has 3 fully saturated rings. The van der Waals surface area contributed by atoms with Crippen LogP contribution in [0.5, 0.6) is 5.88 Å². The number of aromatic amines is 1. The van der Waals surface area contributed by atoms with E-state index in [9.17, 15) is 0 Å². The molecule has 3 aromatic rings. The van der Waals surface area contributed by atoms with E-state index in [2.05, 4.69) is 36.4 Å². The smallest absolute Gasteiger partial charge is 0.224 e. The minimum absolute atomic E-state index is 0.167. The molecule has 128 valence electrons. The maximum atomic E-state index is 5.74. The summed E-state index contributed by atoms with van der Waals surface area (Å²) in [5.41, 5.74) is 2.69. The van der Waals surface area contributed by atoms with Crippen molar-refractivity contribution in [2.24, 2.45) is 0 Å². The molecule has 3 aliphatic heterocycles. The predicted octanol–water partition coefficient (Wildman–Crippen LogP) is 1.16. The molecule has 0 amide bonds. The number of anilines is 1. The van der Waals surface area contributed by atoms with Crippen LogP contribution in [0.25, 0.3) is 22.2 Å². The number of hydrogen-bond donors (Lipinski definition) is 2. The van der Waals surface area contributed by atoms with E-state index < -0.39 is 0 Å². The molecule has 6 heterocycles. The number of morpholine rings is 2. The van der Waals surface area contributed by atoms with Gasteiger partial charge in [-0.15, -0.1) is 0 Å². The molecule has 25 heavy (non-hydrogen) atoms. The van der Waals surface area contributed by atoms with Crippen molar-refractivity contribution in [2.75, 3.05) is 31.7 Å². The molecule has 0 spiro atoms. The summed E-state index contributed by atoms with van der Waals surface area (Å²) >= 11 is 0. The highest BCUT2D eigenvalue weighted by atomic mass is 16.5. The van der Waals surface area contributed by atoms with Gasteiger partial charge in [0.1, 0.15) is 17.7 Å². The Morgan fingerprint density at radius 3 is 2.96 bits per heavy atom. The van der Waals surface area contributed by atoms with E-state index in [0.29, 0.717) is 12.5 Å². The van der Waals surface area contributed by atoms with E-state index in [1.54, 1.807) is 13.3 Å². The monoisotopic (exact) mass is 338 g/mol. The first-order chi connectivity index (χ1) is 12.3. The minimum atomic E-state index is 0.167. The van der Waals surface area contributed by atoms with Crippen LogP contribution in [0.3, 0.4) is 0 Å². The molecule has 8 nitrogen and oxygen atoms in total. The number of nitrogens with one attached hydrogen (secondary N) is 2. The first kappa shape index (κ1) is 14.6. The van der Waals surface area contributed by atoms with Crippen molar-refractivity contribution in [3.05, 3.63) is 30.6 Å². The zero-order chi connectivity index (χ0) is 16.8. The van der Waals surface area contributed by atoms with Crippen LogP contribution >= 0.6 is 0 Å². The number of aromatic nitrogens is 4. The van der Waals surface area contributed by atoms with E-state index in [0.717, 1.165) is 41.1 Å². The van der Waals surface area contributed by atoms with Crippen molar-refractivity contribution < 1.29 is 9.47 Å². The van der Waals surface area contributed by atoms with Gasteiger partial charge in [-0.1, -0.05) is 0 Å². The fourth-order valence-electron chi connectivity index (χ4n) is 3.55. The molecule has 0 saturated carbocycles. The lowest BCUT2D eigenvalue weighted by molar-refractivity contribution is -0.0242. The summed E-state index contributed by atoms with van der Waals surface area (Å²) in [7, 11) is 1.62. The van der Waals surface area contributed by atoms with E-state index in [-0.39, 0.29) is 12.3 Å². The number of methoxy groups -OCH3 is 1. The first-order valence-electron chi connectivity index (χ1n) is 8.28. The van der Waals surface area contributed by atoms with Gasteiger partial charge < -0.3 is 14.4 Å². The average Bonchev–Trinajstić information content (AvgIpc) is 3.13. The van der Waals surface area contributed by atoms with Crippen LogP contribution in [-0.2, 0) is 4.74 Å². The summed E-state index contributed by atoms with van der Waals surface area (Å²) in [6.45, 7) is 2.42. The fraction of sp³-hybridized carbons (Fsp3) is 0.353. The van der Waals surface area contributed by atoms with E-state index in [1.807, 2.05) is 18.3 Å². The summed E-state index contributed by atoms with van der Waals surface area (Å²) < 4.78 is 11.2. The zero-order valence-electron chi connectivity index (χ0n) is 13.8. The largest absolute Gasteiger partial charge is 0.480 e. The third-order valence-electron chi connectivity index (χ3n) is 4.80. The molecule has 6 rings (SSSR count). The van der Waals surface area contributed by atoms with E-state index in [4.69, 9.17) is 9.47 Å². The van der Waals surface area contributed by atoms with Gasteiger partial charge in [-0.3, -0.25) is 10.4 Å². The van der Waals surface area contributed by atoms with Crippen LogP contribution in [-0.4, -0.2) is 59.2 Å². The first-order valence-corrected chi connectivity index (χ1v) is 8.28. The van der Waals surface area contributed by atoms with Gasteiger partial charge in [0.25, 0.3) is 0 Å². The van der Waals surface area contributed by atoms with Crippen molar-refractivity contribution in [1.29, 1.82) is 0 Å². The van der Waals surface area contributed by atoms with Gasteiger partial charge in [0.2, 0.25) is 5.88 Å². The second-order valence-corrected chi connectivity index (χ2v) is 6.25. The summed E-state index contributed by atoms with van der Waals surface area (Å²) in [5, 5.41) is 11.9. The van der Waals surface area contributed by atoms with Crippen LogP contribution in [0, 0.1) is 0 Å². The van der Waals surface area contributed by atoms with E-state index >= 15 is 0 Å². The number of hydrogen-bond acceptors (Lipinski definition) is 7.